The third kappa shape index (κ3) is 368. The Bertz CT molecular complexity index is 13.5. The van der Waals surface area contributed by atoms with Crippen molar-refractivity contribution >= 4 is 17.4 Å². The first kappa shape index (κ1) is 9.06. The molecule has 0 rings (SSSR count). The summed E-state index contributed by atoms with van der Waals surface area (Å²) < 4.78 is 0. The topological polar surface area (TPSA) is 49.7 Å². The van der Waals surface area contributed by atoms with Gasteiger partial charge in [0.25, 0.3) is 0 Å². The highest BCUT2D eigenvalue weighted by atomic mass is 27.0. The summed E-state index contributed by atoms with van der Waals surface area (Å²) >= 11 is 0. The third-order valence-electron chi connectivity index (χ3n) is 0. The molecule has 0 aromatic carbocycles. The van der Waals surface area contributed by atoms with Gasteiger partial charge in [-0.3, -0.25) is 0 Å². The van der Waals surface area contributed by atoms with Crippen LogP contribution >= 0.6 is 0 Å². The fourth-order valence-electron chi connectivity index (χ4n) is 0. The molecular weight excluding hydrogens is 73.0 g/mol. The second kappa shape index (κ2) is 12.6. The van der Waals surface area contributed by atoms with Gasteiger partial charge in [0.05, 0.1) is 0 Å². The minimum Gasteiger partial charge on any atom is -0.379 e. The number of hydrogen-bond donors (Lipinski definition) is 1. The number of nitrogens with zero attached hydrogens (tertiary/aromatic N) is 1. The van der Waals surface area contributed by atoms with Crippen LogP contribution in [0.3, 0.4) is 0 Å². The van der Waals surface area contributed by atoms with Gasteiger partial charge in [-0.15, -0.1) is 4.91 Å². The van der Waals surface area contributed by atoms with E-state index in [-0.39, 0.29) is 17.4 Å². The van der Waals surface area contributed by atoms with Crippen molar-refractivity contribution in [1.82, 2.24) is 0 Å². The molecule has 0 fully saturated rings. The first-order valence-corrected chi connectivity index (χ1v) is 0.383. The van der Waals surface area contributed by atoms with Crippen LogP contribution in [-0.4, -0.2) is 22.6 Å². The van der Waals surface area contributed by atoms with E-state index in [1.807, 2.05) is 0 Å². The zero-order valence-corrected chi connectivity index (χ0v) is 1.30. The van der Waals surface area contributed by atoms with E-state index in [0.29, 0.717) is 0 Å². The fourth-order valence-corrected chi connectivity index (χ4v) is 0. The van der Waals surface area contributed by atoms with Gasteiger partial charge < -0.3 is 5.21 Å². The maximum Gasteiger partial charge on any atom is 0.187 e. The van der Waals surface area contributed by atoms with Gasteiger partial charge >= 0.3 is 0 Å². The van der Waals surface area contributed by atoms with E-state index in [0.717, 1.165) is 0 Å². The Balaban J connectivity index is 0. The zero-order chi connectivity index (χ0) is 2.71. The van der Waals surface area contributed by atoms with E-state index >= 15 is 0 Å². The Hall–Kier alpha value is -0.0675. The summed E-state index contributed by atoms with van der Waals surface area (Å²) in [5, 5.41) is 7.89. The Labute approximate surface area is 33.7 Å². The van der Waals surface area contributed by atoms with Gasteiger partial charge in [-0.05, 0) is 0 Å². The monoisotopic (exact) mass is 77.0 g/mol. The van der Waals surface area contributed by atoms with Crippen LogP contribution in [0.2, 0.25) is 0 Å². The molecule has 0 heterocycles. The first-order valence-electron chi connectivity index (χ1n) is 0.383. The molecule has 0 atom stereocenters. The molecule has 1 N–H and O–H groups in total. The number of hydrogen-bond acceptors (Lipinski definition) is 2. The van der Waals surface area contributed by atoms with Crippen LogP contribution in [0.4, 0.5) is 0 Å². The Morgan fingerprint density at radius 3 is 1.75 bits per heavy atom. The molecule has 0 radical (unpaired) electrons. The summed E-state index contributed by atoms with van der Waals surface area (Å²) in [4.78, 5) is 8.11. The van der Waals surface area contributed by atoms with Gasteiger partial charge in [0.15, 0.2) is 22.7 Å². The predicted octanol–water partition coefficient (Wildman–Crippen LogP) is -1.04. The highest BCUT2D eigenvalue weighted by molar-refractivity contribution is 5.75. The molecule has 0 aromatic heterocycles. The molecule has 0 bridgehead atoms. The van der Waals surface area contributed by atoms with Crippen molar-refractivity contribution in [3.05, 3.63) is 4.91 Å². The molecule has 0 aliphatic carbocycles. The van der Waals surface area contributed by atoms with Crippen LogP contribution in [-0.2, 0) is 0 Å². The van der Waals surface area contributed by atoms with Crippen molar-refractivity contribution in [2.24, 2.45) is 5.34 Å². The molecule has 4 heteroatoms. The van der Waals surface area contributed by atoms with Crippen molar-refractivity contribution in [3.8, 4) is 0 Å². The van der Waals surface area contributed by atoms with Crippen LogP contribution in [0.5, 0.6) is 0 Å². The van der Waals surface area contributed by atoms with Gasteiger partial charge in [-0.1, -0.05) is 0 Å². The third-order valence-corrected chi connectivity index (χ3v) is 0. The summed E-state index contributed by atoms with van der Waals surface area (Å²) in [6.07, 6.45) is 0. The minimum absolute atomic E-state index is 0. The molecular formula is H4AlNO2. The van der Waals surface area contributed by atoms with E-state index in [9.17, 15) is 0 Å². The summed E-state index contributed by atoms with van der Waals surface area (Å²) in [6, 6.07) is 0. The van der Waals surface area contributed by atoms with Gasteiger partial charge in [-0.2, -0.15) is 0 Å². The summed E-state index contributed by atoms with van der Waals surface area (Å²) in [5.74, 6) is 0. The predicted molar refractivity (Wildman–Crippen MR) is 17.5 cm³/mol. The lowest BCUT2D eigenvalue weighted by Gasteiger charge is -1.32. The first-order chi connectivity index (χ1) is 1.41. The van der Waals surface area contributed by atoms with E-state index in [2.05, 4.69) is 0 Å². The maximum atomic E-state index is 8.11. The van der Waals surface area contributed by atoms with Gasteiger partial charge in [0.1, 0.15) is 0 Å². The average molecular weight is 77.0 g/mol. The van der Waals surface area contributed by atoms with Crippen molar-refractivity contribution in [2.75, 3.05) is 0 Å². The van der Waals surface area contributed by atoms with Gasteiger partial charge in [-0.25, -0.2) is 0 Å². The van der Waals surface area contributed by atoms with Crippen molar-refractivity contribution in [2.45, 2.75) is 0 Å². The van der Waals surface area contributed by atoms with E-state index in [4.69, 9.17) is 10.1 Å². The Kier molecular flexibility index (Phi) is 28.5. The maximum absolute atomic E-state index is 8.11. The largest absolute Gasteiger partial charge is 0.379 e. The second-order valence-corrected chi connectivity index (χ2v) is 0.0816. The summed E-state index contributed by atoms with van der Waals surface area (Å²) in [7, 11) is 0. The molecule has 24 valence electrons. The van der Waals surface area contributed by atoms with Crippen molar-refractivity contribution in [1.29, 1.82) is 0 Å². The van der Waals surface area contributed by atoms with Gasteiger partial charge in [0.2, 0.25) is 0 Å². The van der Waals surface area contributed by atoms with Crippen molar-refractivity contribution < 1.29 is 5.21 Å². The quantitative estimate of drug-likeness (QED) is 0.228. The fraction of sp³-hybridized carbons (Fsp3) is 0. The Morgan fingerprint density at radius 1 is 1.75 bits per heavy atom. The lowest BCUT2D eigenvalue weighted by molar-refractivity contribution is 0.312. The van der Waals surface area contributed by atoms with Crippen LogP contribution in [0.25, 0.3) is 0 Å². The van der Waals surface area contributed by atoms with Crippen LogP contribution in [0.1, 0.15) is 0 Å². The minimum atomic E-state index is 0. The van der Waals surface area contributed by atoms with E-state index < -0.39 is 0 Å². The normalized spacial score (nSPS) is 3.00. The second-order valence-electron chi connectivity index (χ2n) is 0.0816. The van der Waals surface area contributed by atoms with Crippen LogP contribution in [0.15, 0.2) is 5.34 Å². The summed E-state index contributed by atoms with van der Waals surface area (Å²) in [6.45, 7) is 0. The SMILES string of the molecule is O=NO.[AlH3]. The molecule has 0 aromatic rings. The zero-order valence-electron chi connectivity index (χ0n) is 1.30. The molecule has 0 unspecified atom stereocenters. The van der Waals surface area contributed by atoms with E-state index in [1.165, 1.54) is 5.34 Å². The molecule has 0 amide bonds. The highest BCUT2D eigenvalue weighted by Crippen LogP contribution is 1.25. The molecule has 0 spiro atoms. The average Bonchev–Trinajstić information content (AvgIpc) is 0.918. The lowest BCUT2D eigenvalue weighted by atomic mass is 13.4. The smallest absolute Gasteiger partial charge is 0.187 e. The highest BCUT2D eigenvalue weighted by Gasteiger charge is 1.18. The summed E-state index contributed by atoms with van der Waals surface area (Å²) in [5.41, 5.74) is 0. The van der Waals surface area contributed by atoms with Crippen LogP contribution < -0.4 is 0 Å². The van der Waals surface area contributed by atoms with Crippen LogP contribution in [0, 0.1) is 4.91 Å². The Morgan fingerprint density at radius 2 is 1.75 bits per heavy atom. The molecule has 0 saturated carbocycles. The molecule has 3 nitrogen and oxygen atoms in total. The standard InChI is InChI=1S/Al.HNO2.3H/c;2-1-3;;;/h;(H,2,3);;;. The number of rotatable bonds is 0. The van der Waals surface area contributed by atoms with Gasteiger partial charge in [0, 0.05) is 0 Å². The molecule has 0 saturated heterocycles. The molecule has 0 aliphatic heterocycles. The lowest BCUT2D eigenvalue weighted by Crippen LogP contribution is -1.25. The molecule has 0 aliphatic rings. The molecule has 4 heavy (non-hydrogen) atoms. The van der Waals surface area contributed by atoms with E-state index in [1.54, 1.807) is 0 Å². The van der Waals surface area contributed by atoms with Crippen molar-refractivity contribution in [3.63, 3.8) is 0 Å².